The minimum atomic E-state index is 0. The first-order chi connectivity index (χ1) is 16.3. The van der Waals surface area contributed by atoms with Crippen LogP contribution in [0, 0.1) is 0 Å². The summed E-state index contributed by atoms with van der Waals surface area (Å²) in [5, 5.41) is 3.30. The van der Waals surface area contributed by atoms with Crippen molar-refractivity contribution in [2.45, 2.75) is 73.1 Å². The van der Waals surface area contributed by atoms with Crippen LogP contribution in [-0.2, 0) is 6.42 Å². The maximum absolute atomic E-state index is 5.55. The van der Waals surface area contributed by atoms with Gasteiger partial charge in [-0.25, -0.2) is 0 Å². The molecule has 3 heteroatoms. The lowest BCUT2D eigenvalue weighted by Crippen LogP contribution is -2.18. The summed E-state index contributed by atoms with van der Waals surface area (Å²) in [5.41, 5.74) is 6.60. The van der Waals surface area contributed by atoms with Crippen LogP contribution in [0.5, 0.6) is 11.5 Å². The molecule has 2 aliphatic rings. The number of fused-ring (bicyclic) bond motifs is 2. The first-order valence-electron chi connectivity index (χ1n) is 12.7. The van der Waals surface area contributed by atoms with Gasteiger partial charge in [-0.1, -0.05) is 97.5 Å². The lowest BCUT2D eigenvalue weighted by molar-refractivity contribution is 0.323. The number of nitrogens with one attached hydrogen (secondary N) is 1. The number of ether oxygens (including phenoxy) is 2. The molecule has 0 saturated heterocycles. The second-order valence-electron chi connectivity index (χ2n) is 9.87. The van der Waals surface area contributed by atoms with Gasteiger partial charge in [0.25, 0.3) is 0 Å². The maximum atomic E-state index is 5.55. The Hall–Kier alpha value is -2.94. The molecule has 2 heterocycles. The van der Waals surface area contributed by atoms with Gasteiger partial charge in [0.05, 0.1) is 12.3 Å². The fraction of sp³-hybridized carbons (Fsp3) is 0.438. The monoisotopic (exact) mass is 475 g/mol. The zero-order chi connectivity index (χ0) is 24.5. The van der Waals surface area contributed by atoms with Gasteiger partial charge in [-0.15, -0.1) is 0 Å². The summed E-state index contributed by atoms with van der Waals surface area (Å²) in [6.07, 6.45) is 1.08. The lowest BCUT2D eigenvalue weighted by atomic mass is 10.0. The second kappa shape index (κ2) is 13.8. The van der Waals surface area contributed by atoms with Gasteiger partial charge in [-0.05, 0) is 58.2 Å². The molecule has 0 amide bonds. The van der Waals surface area contributed by atoms with Crippen LogP contribution in [-0.4, -0.2) is 19.8 Å². The van der Waals surface area contributed by atoms with Crippen molar-refractivity contribution in [3.8, 4) is 11.5 Å². The largest absolute Gasteiger partial charge is 0.493 e. The SMILES string of the molecule is C.CC(C)c1ccc2c(c1)OCC2.CC(C)c1ccc2c(c1)OCCN2.CC(C)c1ccccc1. The molecule has 0 saturated carbocycles. The van der Waals surface area contributed by atoms with E-state index in [0.717, 1.165) is 43.4 Å². The Kier molecular flexibility index (Phi) is 11.2. The molecule has 0 bridgehead atoms. The van der Waals surface area contributed by atoms with Crippen LogP contribution >= 0.6 is 0 Å². The first kappa shape index (κ1) is 28.3. The van der Waals surface area contributed by atoms with Crippen LogP contribution in [0.4, 0.5) is 5.69 Å². The number of hydrogen-bond acceptors (Lipinski definition) is 3. The summed E-state index contributed by atoms with van der Waals surface area (Å²) in [5.74, 6) is 3.92. The van der Waals surface area contributed by atoms with E-state index in [0.29, 0.717) is 17.8 Å². The van der Waals surface area contributed by atoms with E-state index in [-0.39, 0.29) is 7.43 Å². The molecule has 0 aliphatic carbocycles. The number of hydrogen-bond donors (Lipinski definition) is 1. The van der Waals surface area contributed by atoms with Crippen LogP contribution in [0.2, 0.25) is 0 Å². The summed E-state index contributed by atoms with van der Waals surface area (Å²) in [6, 6.07) is 23.5. The lowest BCUT2D eigenvalue weighted by Gasteiger charge is -2.20. The van der Waals surface area contributed by atoms with Gasteiger partial charge in [0.15, 0.2) is 0 Å². The Morgan fingerprint density at radius 2 is 1.20 bits per heavy atom. The average Bonchev–Trinajstić information content (AvgIpc) is 3.33. The molecule has 3 nitrogen and oxygen atoms in total. The van der Waals surface area contributed by atoms with Crippen LogP contribution < -0.4 is 14.8 Å². The number of rotatable bonds is 3. The standard InChI is InChI=1S/C11H15NO.C11H14O.C9H12.CH4/c1-8(2)9-3-4-10-11(7-9)13-6-5-12-10;1-8(2)10-4-3-9-5-6-12-11(9)7-10;1-8(2)9-6-4-3-5-7-9;/h3-4,7-8,12H,5-6H2,1-2H3;3-4,7-8H,5-6H2,1-2H3;3-8H,1-2H3;1H4. The third-order valence-corrected chi connectivity index (χ3v) is 6.20. The van der Waals surface area contributed by atoms with Gasteiger partial charge < -0.3 is 14.8 Å². The summed E-state index contributed by atoms with van der Waals surface area (Å²) in [4.78, 5) is 0. The smallest absolute Gasteiger partial charge is 0.142 e. The van der Waals surface area contributed by atoms with Crippen LogP contribution in [0.15, 0.2) is 66.7 Å². The third-order valence-electron chi connectivity index (χ3n) is 6.20. The molecule has 2 aliphatic heterocycles. The van der Waals surface area contributed by atoms with Crippen molar-refractivity contribution in [3.63, 3.8) is 0 Å². The molecule has 35 heavy (non-hydrogen) atoms. The van der Waals surface area contributed by atoms with E-state index in [1.54, 1.807) is 0 Å². The van der Waals surface area contributed by atoms with Gasteiger partial charge >= 0.3 is 0 Å². The van der Waals surface area contributed by atoms with Crippen molar-refractivity contribution in [2.24, 2.45) is 0 Å². The molecule has 3 aromatic rings. The predicted octanol–water partition coefficient (Wildman–Crippen LogP) is 8.81. The highest BCUT2D eigenvalue weighted by Gasteiger charge is 2.13. The molecule has 1 N–H and O–H groups in total. The Morgan fingerprint density at radius 3 is 1.80 bits per heavy atom. The van der Waals surface area contributed by atoms with Gasteiger partial charge in [0, 0.05) is 13.0 Å². The Labute approximate surface area is 213 Å². The zero-order valence-corrected chi connectivity index (χ0v) is 21.7. The minimum Gasteiger partial charge on any atom is -0.493 e. The van der Waals surface area contributed by atoms with E-state index in [1.165, 1.54) is 22.3 Å². The van der Waals surface area contributed by atoms with Crippen molar-refractivity contribution in [2.75, 3.05) is 25.1 Å². The third kappa shape index (κ3) is 8.35. The van der Waals surface area contributed by atoms with Crippen molar-refractivity contribution in [1.82, 2.24) is 0 Å². The first-order valence-corrected chi connectivity index (χ1v) is 12.7. The minimum absolute atomic E-state index is 0. The highest BCUT2D eigenvalue weighted by Crippen LogP contribution is 2.31. The Balaban J connectivity index is 0.000000186. The van der Waals surface area contributed by atoms with Crippen molar-refractivity contribution in [3.05, 3.63) is 89.0 Å². The van der Waals surface area contributed by atoms with Crippen molar-refractivity contribution in [1.29, 1.82) is 0 Å². The van der Waals surface area contributed by atoms with E-state index in [9.17, 15) is 0 Å². The van der Waals surface area contributed by atoms with E-state index in [4.69, 9.17) is 9.47 Å². The molecule has 0 fully saturated rings. The Bertz CT molecular complexity index is 1020. The summed E-state index contributed by atoms with van der Waals surface area (Å²) < 4.78 is 11.0. The highest BCUT2D eigenvalue weighted by molar-refractivity contribution is 5.59. The summed E-state index contributed by atoms with van der Waals surface area (Å²) >= 11 is 0. The normalized spacial score (nSPS) is 13.1. The van der Waals surface area contributed by atoms with Gasteiger partial charge in [-0.3, -0.25) is 0 Å². The summed E-state index contributed by atoms with van der Waals surface area (Å²) in [7, 11) is 0. The van der Waals surface area contributed by atoms with E-state index in [2.05, 4.69) is 108 Å². The topological polar surface area (TPSA) is 30.5 Å². The molecule has 0 aromatic heterocycles. The fourth-order valence-electron chi connectivity index (χ4n) is 3.89. The molecular weight excluding hydrogens is 430 g/mol. The van der Waals surface area contributed by atoms with Crippen molar-refractivity contribution >= 4 is 5.69 Å². The number of anilines is 1. The van der Waals surface area contributed by atoms with Crippen molar-refractivity contribution < 1.29 is 9.47 Å². The van der Waals surface area contributed by atoms with Gasteiger partial charge in [-0.2, -0.15) is 0 Å². The number of benzene rings is 3. The Morgan fingerprint density at radius 1 is 0.629 bits per heavy atom. The van der Waals surface area contributed by atoms with Crippen LogP contribution in [0.25, 0.3) is 0 Å². The fourth-order valence-corrected chi connectivity index (χ4v) is 3.89. The van der Waals surface area contributed by atoms with E-state index in [1.807, 2.05) is 6.07 Å². The highest BCUT2D eigenvalue weighted by atomic mass is 16.5. The molecule has 0 spiro atoms. The average molecular weight is 476 g/mol. The maximum Gasteiger partial charge on any atom is 0.142 e. The van der Waals surface area contributed by atoms with E-state index < -0.39 is 0 Å². The van der Waals surface area contributed by atoms with Gasteiger partial charge in [0.1, 0.15) is 18.1 Å². The molecular formula is C32H45NO2. The molecule has 3 aromatic carbocycles. The second-order valence-corrected chi connectivity index (χ2v) is 9.87. The molecule has 5 rings (SSSR count). The van der Waals surface area contributed by atoms with E-state index >= 15 is 0 Å². The quantitative estimate of drug-likeness (QED) is 0.410. The predicted molar refractivity (Wildman–Crippen MR) is 152 cm³/mol. The molecule has 0 atom stereocenters. The van der Waals surface area contributed by atoms with Crippen LogP contribution in [0.1, 0.15) is 89.0 Å². The summed E-state index contributed by atoms with van der Waals surface area (Å²) in [6.45, 7) is 15.7. The molecule has 0 radical (unpaired) electrons. The molecule has 190 valence electrons. The zero-order valence-electron chi connectivity index (χ0n) is 21.7. The molecule has 0 unspecified atom stereocenters. The van der Waals surface area contributed by atoms with Crippen LogP contribution in [0.3, 0.4) is 0 Å². The van der Waals surface area contributed by atoms with Gasteiger partial charge in [0.2, 0.25) is 0 Å².